The minimum atomic E-state index is -0.169. The summed E-state index contributed by atoms with van der Waals surface area (Å²) in [4.78, 5) is 14.8. The van der Waals surface area contributed by atoms with Crippen LogP contribution in [0.15, 0.2) is 42.5 Å². The largest absolute Gasteiger partial charge is 0.497 e. The molecule has 6 nitrogen and oxygen atoms in total. The van der Waals surface area contributed by atoms with Gasteiger partial charge < -0.3 is 24.4 Å². The molecule has 0 aromatic heterocycles. The highest BCUT2D eigenvalue weighted by Crippen LogP contribution is 2.36. The van der Waals surface area contributed by atoms with E-state index in [1.54, 1.807) is 32.4 Å². The summed E-state index contributed by atoms with van der Waals surface area (Å²) in [5.74, 6) is 1.25. The second-order valence-corrected chi connectivity index (χ2v) is 6.92. The number of hydrogen-bond acceptors (Lipinski definition) is 4. The summed E-state index contributed by atoms with van der Waals surface area (Å²) in [5.41, 5.74) is 1.64. The first-order chi connectivity index (χ1) is 13.6. The third kappa shape index (κ3) is 4.69. The van der Waals surface area contributed by atoms with Crippen molar-refractivity contribution >= 4 is 23.3 Å². The van der Waals surface area contributed by atoms with Gasteiger partial charge in [0, 0.05) is 13.7 Å². The molecule has 1 saturated heterocycles. The van der Waals surface area contributed by atoms with Gasteiger partial charge in [0.05, 0.1) is 30.5 Å². The van der Waals surface area contributed by atoms with Crippen LogP contribution in [0.2, 0.25) is 5.02 Å². The molecule has 2 aromatic carbocycles. The maximum atomic E-state index is 13.0. The van der Waals surface area contributed by atoms with E-state index in [9.17, 15) is 4.79 Å². The highest BCUT2D eigenvalue weighted by atomic mass is 35.5. The number of anilines is 1. The van der Waals surface area contributed by atoms with Crippen molar-refractivity contribution in [1.82, 2.24) is 4.90 Å². The average molecular weight is 405 g/mol. The number of rotatable bonds is 7. The Morgan fingerprint density at radius 1 is 1.18 bits per heavy atom. The number of likely N-dealkylation sites (tertiary alicyclic amines) is 1. The second-order valence-electron chi connectivity index (χ2n) is 6.51. The minimum absolute atomic E-state index is 0.0305. The predicted octanol–water partition coefficient (Wildman–Crippen LogP) is 4.74. The molecular formula is C21H25ClN2O4. The Bertz CT molecular complexity index is 797. The number of nitrogens with one attached hydrogen (secondary N) is 1. The van der Waals surface area contributed by atoms with Crippen molar-refractivity contribution in [2.75, 3.05) is 39.3 Å². The molecule has 0 bridgehead atoms. The lowest BCUT2D eigenvalue weighted by molar-refractivity contribution is 0.146. The Balaban J connectivity index is 1.74. The molecule has 1 atom stereocenters. The van der Waals surface area contributed by atoms with Crippen LogP contribution in [-0.4, -0.2) is 44.9 Å². The van der Waals surface area contributed by atoms with E-state index >= 15 is 0 Å². The maximum Gasteiger partial charge on any atom is 0.322 e. The monoisotopic (exact) mass is 404 g/mol. The summed E-state index contributed by atoms with van der Waals surface area (Å²) < 4.78 is 15.9. The first-order valence-corrected chi connectivity index (χ1v) is 9.63. The Hall–Kier alpha value is -2.44. The normalized spacial score (nSPS) is 16.1. The molecule has 2 amide bonds. The Labute approximate surface area is 170 Å². The van der Waals surface area contributed by atoms with Gasteiger partial charge in [0.25, 0.3) is 0 Å². The number of methoxy groups -OCH3 is 2. The van der Waals surface area contributed by atoms with E-state index in [0.29, 0.717) is 36.2 Å². The quantitative estimate of drug-likeness (QED) is 0.677. The number of urea groups is 1. The molecule has 1 aliphatic rings. The molecule has 0 aliphatic carbocycles. The van der Waals surface area contributed by atoms with E-state index in [-0.39, 0.29) is 12.1 Å². The fraction of sp³-hybridized carbons (Fsp3) is 0.381. The third-order valence-electron chi connectivity index (χ3n) is 4.76. The SMILES string of the molecule is COCCOc1c(Cl)cccc1NC(=O)N1CCCC1c1ccc(OC)cc1. The van der Waals surface area contributed by atoms with Crippen LogP contribution in [0.3, 0.4) is 0 Å². The molecule has 1 aliphatic heterocycles. The van der Waals surface area contributed by atoms with Crippen molar-refractivity contribution in [2.45, 2.75) is 18.9 Å². The second kappa shape index (κ2) is 9.66. The lowest BCUT2D eigenvalue weighted by Gasteiger charge is -2.26. The molecule has 7 heteroatoms. The highest BCUT2D eigenvalue weighted by Gasteiger charge is 2.30. The molecule has 0 spiro atoms. The molecular weight excluding hydrogens is 380 g/mol. The van der Waals surface area contributed by atoms with E-state index in [2.05, 4.69) is 5.32 Å². The summed E-state index contributed by atoms with van der Waals surface area (Å²) in [6, 6.07) is 13.0. The first-order valence-electron chi connectivity index (χ1n) is 9.26. The van der Waals surface area contributed by atoms with E-state index < -0.39 is 0 Å². The minimum Gasteiger partial charge on any atom is -0.497 e. The Morgan fingerprint density at radius 3 is 2.68 bits per heavy atom. The highest BCUT2D eigenvalue weighted by molar-refractivity contribution is 6.32. The van der Waals surface area contributed by atoms with Gasteiger partial charge in [0.1, 0.15) is 12.4 Å². The van der Waals surface area contributed by atoms with Gasteiger partial charge in [-0.2, -0.15) is 0 Å². The first kappa shape index (κ1) is 20.3. The summed E-state index contributed by atoms with van der Waals surface area (Å²) in [5, 5.41) is 3.40. The van der Waals surface area contributed by atoms with Gasteiger partial charge >= 0.3 is 6.03 Å². The summed E-state index contributed by atoms with van der Waals surface area (Å²) in [6.07, 6.45) is 1.88. The number of halogens is 1. The maximum absolute atomic E-state index is 13.0. The number of hydrogen-bond donors (Lipinski definition) is 1. The average Bonchev–Trinajstić information content (AvgIpc) is 3.20. The van der Waals surface area contributed by atoms with Gasteiger partial charge in [0.15, 0.2) is 5.75 Å². The van der Waals surface area contributed by atoms with E-state index in [1.807, 2.05) is 29.2 Å². The van der Waals surface area contributed by atoms with Gasteiger partial charge in [-0.3, -0.25) is 0 Å². The van der Waals surface area contributed by atoms with Gasteiger partial charge in [0.2, 0.25) is 0 Å². The lowest BCUT2D eigenvalue weighted by atomic mass is 10.0. The topological polar surface area (TPSA) is 60.0 Å². The Morgan fingerprint density at radius 2 is 1.96 bits per heavy atom. The number of nitrogens with zero attached hydrogens (tertiary/aromatic N) is 1. The summed E-state index contributed by atoms with van der Waals surface area (Å²) in [6.45, 7) is 1.48. The van der Waals surface area contributed by atoms with Crippen molar-refractivity contribution in [3.63, 3.8) is 0 Å². The molecule has 0 saturated carbocycles. The fourth-order valence-corrected chi connectivity index (χ4v) is 3.58. The molecule has 1 unspecified atom stereocenters. The standard InChI is InChI=1S/C21H25ClN2O4/c1-26-13-14-28-20-17(22)5-3-6-18(20)23-21(25)24-12-4-7-19(24)15-8-10-16(27-2)11-9-15/h3,5-6,8-11,19H,4,7,12-14H2,1-2H3,(H,23,25). The van der Waals surface area contributed by atoms with Crippen molar-refractivity contribution in [1.29, 1.82) is 0 Å². The molecule has 0 radical (unpaired) electrons. The molecule has 28 heavy (non-hydrogen) atoms. The van der Waals surface area contributed by atoms with Crippen molar-refractivity contribution in [3.8, 4) is 11.5 Å². The van der Waals surface area contributed by atoms with E-state index in [0.717, 1.165) is 24.2 Å². The van der Waals surface area contributed by atoms with E-state index in [1.165, 1.54) is 0 Å². The molecule has 1 fully saturated rings. The molecule has 2 aromatic rings. The van der Waals surface area contributed by atoms with Gasteiger partial charge in [-0.05, 0) is 42.7 Å². The van der Waals surface area contributed by atoms with Crippen LogP contribution in [0.4, 0.5) is 10.5 Å². The van der Waals surface area contributed by atoms with Gasteiger partial charge in [-0.15, -0.1) is 0 Å². The molecule has 3 rings (SSSR count). The van der Waals surface area contributed by atoms with Crippen molar-refractivity contribution in [2.24, 2.45) is 0 Å². The van der Waals surface area contributed by atoms with E-state index in [4.69, 9.17) is 25.8 Å². The fourth-order valence-electron chi connectivity index (χ4n) is 3.35. The summed E-state index contributed by atoms with van der Waals surface area (Å²) in [7, 11) is 3.24. The van der Waals surface area contributed by atoms with Crippen LogP contribution in [0, 0.1) is 0 Å². The Kier molecular flexibility index (Phi) is 7.01. The number of carbonyl (C=O) groups excluding carboxylic acids is 1. The van der Waals surface area contributed by atoms with Crippen LogP contribution in [0.5, 0.6) is 11.5 Å². The van der Waals surface area contributed by atoms with Crippen LogP contribution < -0.4 is 14.8 Å². The van der Waals surface area contributed by atoms with Crippen molar-refractivity contribution < 1.29 is 19.0 Å². The van der Waals surface area contributed by atoms with Crippen LogP contribution in [-0.2, 0) is 4.74 Å². The number of carbonyl (C=O) groups is 1. The number of ether oxygens (including phenoxy) is 3. The van der Waals surface area contributed by atoms with Crippen LogP contribution in [0.25, 0.3) is 0 Å². The zero-order valence-electron chi connectivity index (χ0n) is 16.1. The third-order valence-corrected chi connectivity index (χ3v) is 5.05. The lowest BCUT2D eigenvalue weighted by Crippen LogP contribution is -2.34. The number of amides is 2. The zero-order valence-corrected chi connectivity index (χ0v) is 16.9. The smallest absolute Gasteiger partial charge is 0.322 e. The molecule has 1 N–H and O–H groups in total. The van der Waals surface area contributed by atoms with Crippen molar-refractivity contribution in [3.05, 3.63) is 53.1 Å². The van der Waals surface area contributed by atoms with Crippen LogP contribution in [0.1, 0.15) is 24.4 Å². The molecule has 1 heterocycles. The number of benzene rings is 2. The summed E-state index contributed by atoms with van der Waals surface area (Å²) >= 11 is 6.26. The zero-order chi connectivity index (χ0) is 19.9. The molecule has 150 valence electrons. The predicted molar refractivity (Wildman–Crippen MR) is 110 cm³/mol. The van der Waals surface area contributed by atoms with Crippen LogP contribution >= 0.6 is 11.6 Å². The van der Waals surface area contributed by atoms with Gasteiger partial charge in [-0.1, -0.05) is 29.8 Å². The van der Waals surface area contributed by atoms with Gasteiger partial charge in [-0.25, -0.2) is 4.79 Å². The number of para-hydroxylation sites is 1.